The third-order valence-corrected chi connectivity index (χ3v) is 1.79. The normalized spacial score (nSPS) is 12.6. The molecule has 1 amide bonds. The summed E-state index contributed by atoms with van der Waals surface area (Å²) in [4.78, 5) is 22.9. The fraction of sp³-hybridized carbons (Fsp3) is 0.778. The van der Waals surface area contributed by atoms with Crippen molar-refractivity contribution in [1.82, 2.24) is 4.90 Å². The van der Waals surface area contributed by atoms with Crippen molar-refractivity contribution >= 4 is 11.9 Å². The summed E-state index contributed by atoms with van der Waals surface area (Å²) < 4.78 is 0. The number of nitrogens with two attached hydrogens (primary N) is 1. The lowest BCUT2D eigenvalue weighted by molar-refractivity contribution is -0.144. The van der Waals surface area contributed by atoms with Crippen molar-refractivity contribution in [3.05, 3.63) is 0 Å². The Bertz CT molecular complexity index is 216. The summed E-state index contributed by atoms with van der Waals surface area (Å²) in [6, 6.07) is -0.598. The number of aliphatic carboxylic acids is 1. The highest BCUT2D eigenvalue weighted by Gasteiger charge is 2.20. The van der Waals surface area contributed by atoms with E-state index >= 15 is 0 Å². The lowest BCUT2D eigenvalue weighted by Gasteiger charge is -2.20. The Hall–Kier alpha value is -1.10. The van der Waals surface area contributed by atoms with Crippen LogP contribution < -0.4 is 5.73 Å². The highest BCUT2D eigenvalue weighted by atomic mass is 16.4. The van der Waals surface area contributed by atoms with Crippen LogP contribution in [0.4, 0.5) is 0 Å². The van der Waals surface area contributed by atoms with Gasteiger partial charge in [0.15, 0.2) is 0 Å². The van der Waals surface area contributed by atoms with Gasteiger partial charge in [0, 0.05) is 7.05 Å². The van der Waals surface area contributed by atoms with Crippen LogP contribution in [0.1, 0.15) is 20.3 Å². The molecule has 0 aliphatic heterocycles. The molecule has 0 heterocycles. The van der Waals surface area contributed by atoms with E-state index in [1.54, 1.807) is 0 Å². The Labute approximate surface area is 83.9 Å². The van der Waals surface area contributed by atoms with Gasteiger partial charge in [-0.1, -0.05) is 13.8 Å². The molecule has 0 rings (SSSR count). The molecule has 0 unspecified atom stereocenters. The van der Waals surface area contributed by atoms with Gasteiger partial charge >= 0.3 is 5.97 Å². The predicted octanol–water partition coefficient (Wildman–Crippen LogP) is -0.0972. The number of carboxylic acids is 1. The molecule has 0 spiro atoms. The zero-order valence-electron chi connectivity index (χ0n) is 8.86. The number of hydrogen-bond donors (Lipinski definition) is 2. The molecule has 0 bridgehead atoms. The van der Waals surface area contributed by atoms with E-state index in [9.17, 15) is 9.59 Å². The third kappa shape index (κ3) is 4.81. The average Bonchev–Trinajstić information content (AvgIpc) is 2.00. The van der Waals surface area contributed by atoms with Gasteiger partial charge in [-0.15, -0.1) is 0 Å². The second-order valence-corrected chi connectivity index (χ2v) is 3.82. The molecule has 3 N–H and O–H groups in total. The number of carbonyl (C=O) groups is 2. The Morgan fingerprint density at radius 2 is 1.93 bits per heavy atom. The Morgan fingerprint density at radius 3 is 2.29 bits per heavy atom. The van der Waals surface area contributed by atoms with Gasteiger partial charge in [0.25, 0.3) is 0 Å². The van der Waals surface area contributed by atoms with Gasteiger partial charge in [-0.2, -0.15) is 0 Å². The fourth-order valence-electron chi connectivity index (χ4n) is 1.17. The van der Waals surface area contributed by atoms with E-state index in [0.717, 1.165) is 4.90 Å². The average molecular weight is 202 g/mol. The molecule has 0 radical (unpaired) electrons. The van der Waals surface area contributed by atoms with E-state index in [1.165, 1.54) is 7.05 Å². The quantitative estimate of drug-likeness (QED) is 0.652. The summed E-state index contributed by atoms with van der Waals surface area (Å²) in [5.41, 5.74) is 5.61. The van der Waals surface area contributed by atoms with Gasteiger partial charge in [0.1, 0.15) is 6.54 Å². The van der Waals surface area contributed by atoms with Crippen molar-refractivity contribution in [3.63, 3.8) is 0 Å². The molecule has 5 heteroatoms. The zero-order chi connectivity index (χ0) is 11.3. The summed E-state index contributed by atoms with van der Waals surface area (Å²) in [5, 5.41) is 8.46. The summed E-state index contributed by atoms with van der Waals surface area (Å²) in [5.74, 6) is -1.02. The standard InChI is InChI=1S/C9H18N2O3/c1-6(2)4-7(10)9(14)11(3)5-8(12)13/h6-7H,4-5,10H2,1-3H3,(H,12,13)/t7-/m1/s1. The molecule has 0 aliphatic rings. The van der Waals surface area contributed by atoms with Crippen LogP contribution in [0.2, 0.25) is 0 Å². The maximum absolute atomic E-state index is 11.5. The van der Waals surface area contributed by atoms with Gasteiger partial charge in [-0.3, -0.25) is 9.59 Å². The minimum absolute atomic E-state index is 0.301. The first kappa shape index (κ1) is 12.9. The monoisotopic (exact) mass is 202 g/mol. The number of hydrogen-bond acceptors (Lipinski definition) is 3. The third-order valence-electron chi connectivity index (χ3n) is 1.79. The van der Waals surface area contributed by atoms with Crippen molar-refractivity contribution in [2.75, 3.05) is 13.6 Å². The number of carboxylic acid groups (broad SMARTS) is 1. The Morgan fingerprint density at radius 1 is 1.43 bits per heavy atom. The SMILES string of the molecule is CC(C)C[C@@H](N)C(=O)N(C)CC(=O)O. The zero-order valence-corrected chi connectivity index (χ0v) is 8.86. The van der Waals surface area contributed by atoms with Crippen LogP contribution in [0, 0.1) is 5.92 Å². The van der Waals surface area contributed by atoms with E-state index in [2.05, 4.69) is 0 Å². The molecule has 1 atom stereocenters. The Kier molecular flexibility index (Phi) is 5.15. The van der Waals surface area contributed by atoms with Crippen LogP contribution in [0.3, 0.4) is 0 Å². The summed E-state index contributed by atoms with van der Waals surface area (Å²) in [7, 11) is 1.44. The van der Waals surface area contributed by atoms with E-state index in [4.69, 9.17) is 10.8 Å². The molecule has 0 aromatic rings. The first-order valence-corrected chi connectivity index (χ1v) is 4.57. The van der Waals surface area contributed by atoms with E-state index in [0.29, 0.717) is 12.3 Å². The van der Waals surface area contributed by atoms with Crippen LogP contribution in [-0.4, -0.2) is 41.5 Å². The molecule has 0 fully saturated rings. The first-order chi connectivity index (χ1) is 6.34. The number of likely N-dealkylation sites (N-methyl/N-ethyl adjacent to an activating group) is 1. The van der Waals surface area contributed by atoms with Gasteiger partial charge in [-0.25, -0.2) is 0 Å². The topological polar surface area (TPSA) is 83.6 Å². The molecule has 0 saturated carbocycles. The molecule has 82 valence electrons. The predicted molar refractivity (Wildman–Crippen MR) is 52.7 cm³/mol. The van der Waals surface area contributed by atoms with Crippen molar-refractivity contribution in [1.29, 1.82) is 0 Å². The van der Waals surface area contributed by atoms with Crippen LogP contribution in [0.15, 0.2) is 0 Å². The summed E-state index contributed by atoms with van der Waals surface area (Å²) >= 11 is 0. The number of nitrogens with zero attached hydrogens (tertiary/aromatic N) is 1. The van der Waals surface area contributed by atoms with E-state index < -0.39 is 12.0 Å². The molecule has 14 heavy (non-hydrogen) atoms. The van der Waals surface area contributed by atoms with E-state index in [1.807, 2.05) is 13.8 Å². The van der Waals surface area contributed by atoms with Crippen LogP contribution in [-0.2, 0) is 9.59 Å². The molecular weight excluding hydrogens is 184 g/mol. The fourth-order valence-corrected chi connectivity index (χ4v) is 1.17. The van der Waals surface area contributed by atoms with Crippen molar-refractivity contribution < 1.29 is 14.7 Å². The second-order valence-electron chi connectivity index (χ2n) is 3.82. The van der Waals surface area contributed by atoms with Crippen LogP contribution in [0.5, 0.6) is 0 Å². The van der Waals surface area contributed by atoms with Crippen LogP contribution >= 0.6 is 0 Å². The number of rotatable bonds is 5. The maximum atomic E-state index is 11.5. The summed E-state index contributed by atoms with van der Waals surface area (Å²) in [6.45, 7) is 3.62. The largest absolute Gasteiger partial charge is 0.480 e. The Balaban J connectivity index is 4.10. The van der Waals surface area contributed by atoms with E-state index in [-0.39, 0.29) is 12.5 Å². The van der Waals surface area contributed by atoms with Gasteiger partial charge in [-0.05, 0) is 12.3 Å². The molecular formula is C9H18N2O3. The first-order valence-electron chi connectivity index (χ1n) is 4.57. The lowest BCUT2D eigenvalue weighted by Crippen LogP contribution is -2.44. The van der Waals surface area contributed by atoms with Gasteiger partial charge < -0.3 is 15.7 Å². The molecule has 0 aromatic carbocycles. The minimum atomic E-state index is -1.03. The van der Waals surface area contributed by atoms with Crippen molar-refractivity contribution in [2.24, 2.45) is 11.7 Å². The van der Waals surface area contributed by atoms with Gasteiger partial charge in [0.2, 0.25) is 5.91 Å². The van der Waals surface area contributed by atoms with Gasteiger partial charge in [0.05, 0.1) is 6.04 Å². The van der Waals surface area contributed by atoms with Crippen LogP contribution in [0.25, 0.3) is 0 Å². The molecule has 0 saturated heterocycles. The molecule has 5 nitrogen and oxygen atoms in total. The minimum Gasteiger partial charge on any atom is -0.480 e. The highest BCUT2D eigenvalue weighted by molar-refractivity contribution is 5.84. The van der Waals surface area contributed by atoms with Crippen molar-refractivity contribution in [2.45, 2.75) is 26.3 Å². The molecule has 0 aliphatic carbocycles. The van der Waals surface area contributed by atoms with Crippen molar-refractivity contribution in [3.8, 4) is 0 Å². The lowest BCUT2D eigenvalue weighted by atomic mass is 10.0. The second kappa shape index (κ2) is 5.59. The smallest absolute Gasteiger partial charge is 0.323 e. The maximum Gasteiger partial charge on any atom is 0.323 e. The number of amides is 1. The number of carbonyl (C=O) groups excluding carboxylic acids is 1. The molecule has 0 aromatic heterocycles. The summed E-state index contributed by atoms with van der Waals surface area (Å²) in [6.07, 6.45) is 0.572. The highest BCUT2D eigenvalue weighted by Crippen LogP contribution is 2.04.